The van der Waals surface area contributed by atoms with Crippen molar-refractivity contribution in [2.24, 2.45) is 0 Å². The van der Waals surface area contributed by atoms with Gasteiger partial charge in [0.1, 0.15) is 6.54 Å². The molecular formula is C27H27F3N6O2. The van der Waals surface area contributed by atoms with Gasteiger partial charge in [0.25, 0.3) is 0 Å². The Morgan fingerprint density at radius 2 is 1.95 bits per heavy atom. The second-order valence-corrected chi connectivity index (χ2v) is 9.32. The summed E-state index contributed by atoms with van der Waals surface area (Å²) in [5, 5.41) is 15.6. The number of nitriles is 1. The molecule has 8 nitrogen and oxygen atoms in total. The molecule has 0 bridgehead atoms. The van der Waals surface area contributed by atoms with Gasteiger partial charge in [-0.1, -0.05) is 12.0 Å². The summed E-state index contributed by atoms with van der Waals surface area (Å²) in [4.78, 5) is 18.6. The van der Waals surface area contributed by atoms with Gasteiger partial charge in [0.05, 0.1) is 65.7 Å². The highest BCUT2D eigenvalue weighted by Gasteiger charge is 2.30. The Morgan fingerprint density at radius 3 is 2.61 bits per heavy atom. The first kappa shape index (κ1) is 26.8. The van der Waals surface area contributed by atoms with Crippen molar-refractivity contribution in [3.63, 3.8) is 0 Å². The molecule has 1 aliphatic heterocycles. The lowest BCUT2D eigenvalue weighted by atomic mass is 9.91. The summed E-state index contributed by atoms with van der Waals surface area (Å²) in [5.74, 6) is 5.70. The van der Waals surface area contributed by atoms with Crippen molar-refractivity contribution < 1.29 is 22.7 Å². The number of fused-ring (bicyclic) bond motifs is 1. The van der Waals surface area contributed by atoms with E-state index >= 15 is 0 Å². The maximum absolute atomic E-state index is 13.4. The Morgan fingerprint density at radius 1 is 1.18 bits per heavy atom. The van der Waals surface area contributed by atoms with Gasteiger partial charge >= 0.3 is 12.2 Å². The number of alkyl halides is 3. The summed E-state index contributed by atoms with van der Waals surface area (Å²) in [6.45, 7) is 4.24. The molecule has 1 fully saturated rings. The maximum Gasteiger partial charge on any atom is 0.406 e. The maximum atomic E-state index is 13.4. The molecule has 2 N–H and O–H groups in total. The third kappa shape index (κ3) is 6.36. The Kier molecular flexibility index (Phi) is 7.79. The molecule has 2 aromatic heterocycles. The average Bonchev–Trinajstić information content (AvgIpc) is 3.24. The van der Waals surface area contributed by atoms with Gasteiger partial charge in [-0.3, -0.25) is 4.98 Å². The van der Waals surface area contributed by atoms with Crippen molar-refractivity contribution in [1.82, 2.24) is 14.5 Å². The number of hydrogen-bond donors (Lipinski definition) is 2. The summed E-state index contributed by atoms with van der Waals surface area (Å²) in [7, 11) is 0. The molecule has 1 saturated heterocycles. The topological polar surface area (TPSA) is 95.2 Å². The summed E-state index contributed by atoms with van der Waals surface area (Å²) >= 11 is 0. The number of anilines is 2. The second kappa shape index (κ2) is 11.0. The van der Waals surface area contributed by atoms with E-state index in [0.717, 1.165) is 4.57 Å². The first-order chi connectivity index (χ1) is 18.1. The molecule has 0 unspecified atom stereocenters. The number of nitrogens with zero attached hydrogens (tertiary/aromatic N) is 4. The fourth-order valence-electron chi connectivity index (χ4n) is 4.01. The number of carbonyl (C=O) groups excluding carboxylic acids is 1. The van der Waals surface area contributed by atoms with Crippen molar-refractivity contribution in [1.29, 1.82) is 5.26 Å². The van der Waals surface area contributed by atoms with Crippen molar-refractivity contribution >= 4 is 28.3 Å². The number of amides is 2. The molecule has 1 aromatic carbocycles. The second-order valence-electron chi connectivity index (χ2n) is 9.32. The molecule has 4 rings (SSSR count). The van der Waals surface area contributed by atoms with Crippen LogP contribution < -0.4 is 10.6 Å². The number of urea groups is 1. The molecule has 198 valence electrons. The van der Waals surface area contributed by atoms with Crippen LogP contribution in [0.5, 0.6) is 0 Å². The largest absolute Gasteiger partial charge is 0.406 e. The van der Waals surface area contributed by atoms with E-state index in [0.29, 0.717) is 54.3 Å². The molecule has 1 aliphatic rings. The van der Waals surface area contributed by atoms with E-state index in [-0.39, 0.29) is 18.3 Å². The predicted molar refractivity (Wildman–Crippen MR) is 138 cm³/mol. The van der Waals surface area contributed by atoms with Crippen LogP contribution in [0.3, 0.4) is 0 Å². The first-order valence-electron chi connectivity index (χ1n) is 12.0. The van der Waals surface area contributed by atoms with Crippen LogP contribution in [0, 0.1) is 23.2 Å². The Bertz CT molecular complexity index is 1410. The van der Waals surface area contributed by atoms with Gasteiger partial charge in [-0.2, -0.15) is 18.4 Å². The zero-order valence-electron chi connectivity index (χ0n) is 21.0. The fourth-order valence-corrected chi connectivity index (χ4v) is 4.01. The monoisotopic (exact) mass is 524 g/mol. The highest BCUT2D eigenvalue weighted by molar-refractivity contribution is 6.01. The number of nitrogens with one attached hydrogen (secondary N) is 2. The van der Waals surface area contributed by atoms with Crippen LogP contribution in [0.25, 0.3) is 10.9 Å². The molecule has 0 spiro atoms. The number of carbonyl (C=O) groups is 1. The molecular weight excluding hydrogens is 497 g/mol. The lowest BCUT2D eigenvalue weighted by Gasteiger charge is -2.27. The average molecular weight is 525 g/mol. The van der Waals surface area contributed by atoms with Gasteiger partial charge in [0.2, 0.25) is 0 Å². The van der Waals surface area contributed by atoms with E-state index in [4.69, 9.17) is 4.74 Å². The number of halogens is 3. The number of ether oxygens (including phenoxy) is 1. The Labute approximate surface area is 218 Å². The van der Waals surface area contributed by atoms with Gasteiger partial charge in [-0.25, -0.2) is 4.79 Å². The molecule has 0 saturated carbocycles. The molecule has 3 aromatic rings. The third-order valence-corrected chi connectivity index (χ3v) is 6.10. The minimum absolute atomic E-state index is 0.164. The van der Waals surface area contributed by atoms with Crippen LogP contribution in [0.1, 0.15) is 25.2 Å². The molecule has 38 heavy (non-hydrogen) atoms. The zero-order chi connectivity index (χ0) is 27.3. The summed E-state index contributed by atoms with van der Waals surface area (Å²) in [6, 6.07) is 11.8. The highest BCUT2D eigenvalue weighted by Crippen LogP contribution is 2.30. The van der Waals surface area contributed by atoms with Crippen molar-refractivity contribution in [2.75, 3.05) is 43.5 Å². The third-order valence-electron chi connectivity index (χ3n) is 6.10. The highest BCUT2D eigenvalue weighted by atomic mass is 19.4. The van der Waals surface area contributed by atoms with Crippen molar-refractivity contribution in [3.05, 3.63) is 54.0 Å². The van der Waals surface area contributed by atoms with Gasteiger partial charge in [0, 0.05) is 18.5 Å². The minimum Gasteiger partial charge on any atom is -0.378 e. The Balaban J connectivity index is 1.55. The summed E-state index contributed by atoms with van der Waals surface area (Å²) in [6.07, 6.45) is -2.88. The lowest BCUT2D eigenvalue weighted by molar-refractivity contribution is -0.140. The number of pyridine rings is 1. The van der Waals surface area contributed by atoms with E-state index in [1.54, 1.807) is 61.3 Å². The molecule has 11 heteroatoms. The number of benzene rings is 1. The molecule has 0 radical (unpaired) electrons. The Hall–Kier alpha value is -4.22. The van der Waals surface area contributed by atoms with E-state index in [9.17, 15) is 23.2 Å². The minimum atomic E-state index is -4.46. The van der Waals surface area contributed by atoms with Crippen LogP contribution >= 0.6 is 0 Å². The number of hydrogen-bond acceptors (Lipinski definition) is 5. The summed E-state index contributed by atoms with van der Waals surface area (Å²) < 4.78 is 46.7. The van der Waals surface area contributed by atoms with E-state index in [2.05, 4.69) is 33.5 Å². The predicted octanol–water partition coefficient (Wildman–Crippen LogP) is 4.73. The van der Waals surface area contributed by atoms with Crippen molar-refractivity contribution in [3.8, 4) is 17.9 Å². The van der Waals surface area contributed by atoms with Crippen LogP contribution in [-0.2, 0) is 16.7 Å². The quantitative estimate of drug-likeness (QED) is 0.471. The summed E-state index contributed by atoms with van der Waals surface area (Å²) in [5.41, 5.74) is 1.49. The van der Waals surface area contributed by atoms with E-state index in [1.807, 2.05) is 0 Å². The molecule has 2 amide bonds. The SMILES string of the molecule is CC(C)(C#N)c1ccc(NCC#Cc2cc3c(NC(=O)N4CCOCC4)cccc3n2CC(F)(F)F)cn1. The van der Waals surface area contributed by atoms with Crippen LogP contribution in [0.15, 0.2) is 42.6 Å². The van der Waals surface area contributed by atoms with Crippen LogP contribution in [0.2, 0.25) is 0 Å². The molecule has 3 heterocycles. The molecule has 0 atom stereocenters. The smallest absolute Gasteiger partial charge is 0.378 e. The van der Waals surface area contributed by atoms with Crippen LogP contribution in [0.4, 0.5) is 29.3 Å². The number of rotatable bonds is 5. The van der Waals surface area contributed by atoms with Gasteiger partial charge in [0.15, 0.2) is 0 Å². The van der Waals surface area contributed by atoms with Gasteiger partial charge in [-0.05, 0) is 50.1 Å². The number of morpholine rings is 1. The first-order valence-corrected chi connectivity index (χ1v) is 12.0. The van der Waals surface area contributed by atoms with Gasteiger partial charge in [-0.15, -0.1) is 0 Å². The van der Waals surface area contributed by atoms with Gasteiger partial charge < -0.3 is 24.8 Å². The number of aromatic nitrogens is 2. The van der Waals surface area contributed by atoms with E-state index in [1.165, 1.54) is 0 Å². The molecule has 0 aliphatic carbocycles. The van der Waals surface area contributed by atoms with Crippen molar-refractivity contribution in [2.45, 2.75) is 32.0 Å². The lowest BCUT2D eigenvalue weighted by Crippen LogP contribution is -2.43. The zero-order valence-corrected chi connectivity index (χ0v) is 21.0. The normalized spacial score (nSPS) is 13.9. The standard InChI is InChI=1S/C27H27F3N6O2/c1-26(2,17-31)24-9-8-19(16-33-24)32-10-4-5-20-15-21-22(34-25(37)35-11-13-38-14-12-35)6-3-7-23(21)36(20)18-27(28,29)30/h3,6-9,15-16,32H,10-14,18H2,1-2H3,(H,34,37). The van der Waals surface area contributed by atoms with E-state index < -0.39 is 18.1 Å². The van der Waals surface area contributed by atoms with Crippen LogP contribution in [-0.4, -0.2) is 59.5 Å². The fraction of sp³-hybridized carbons (Fsp3) is 0.370.